The van der Waals surface area contributed by atoms with Crippen molar-refractivity contribution < 1.29 is 4.74 Å². The molecular weight excluding hydrogens is 380 g/mol. The Labute approximate surface area is 179 Å². The summed E-state index contributed by atoms with van der Waals surface area (Å²) in [6, 6.07) is 28.5. The first kappa shape index (κ1) is 21.4. The summed E-state index contributed by atoms with van der Waals surface area (Å²) in [4.78, 5) is 0. The molecule has 1 fully saturated rings. The van der Waals surface area contributed by atoms with Crippen molar-refractivity contribution in [2.24, 2.45) is 0 Å². The Morgan fingerprint density at radius 2 is 1.66 bits per heavy atom. The predicted octanol–water partition coefficient (Wildman–Crippen LogP) is 5.37. The predicted molar refractivity (Wildman–Crippen MR) is 123 cm³/mol. The average Bonchev–Trinajstić information content (AvgIpc) is 2.79. The quantitative estimate of drug-likeness (QED) is 0.575. The van der Waals surface area contributed by atoms with Crippen LogP contribution in [0.3, 0.4) is 0 Å². The van der Waals surface area contributed by atoms with Crippen LogP contribution < -0.4 is 15.4 Å². The van der Waals surface area contributed by atoms with E-state index in [1.165, 1.54) is 35.1 Å². The number of benzene rings is 3. The third kappa shape index (κ3) is 5.18. The van der Waals surface area contributed by atoms with Gasteiger partial charge < -0.3 is 15.4 Å². The highest BCUT2D eigenvalue weighted by atomic mass is 35.5. The van der Waals surface area contributed by atoms with Crippen LogP contribution >= 0.6 is 12.4 Å². The van der Waals surface area contributed by atoms with Crippen molar-refractivity contribution >= 4 is 12.4 Å². The maximum Gasteiger partial charge on any atom is 0.123 e. The zero-order valence-electron chi connectivity index (χ0n) is 16.8. The second-order valence-electron chi connectivity index (χ2n) is 7.36. The number of hydrogen-bond donors (Lipinski definition) is 2. The molecule has 3 nitrogen and oxygen atoms in total. The largest absolute Gasteiger partial charge is 0.496 e. The molecule has 0 aliphatic carbocycles. The van der Waals surface area contributed by atoms with Gasteiger partial charge in [-0.25, -0.2) is 0 Å². The SMILES string of the molecule is COc1ccc(-c2ccccc2)cc1CN[C@H]1CCCN[C@H]1c1ccccc1.Cl. The number of piperidine rings is 1. The Morgan fingerprint density at radius 1 is 0.931 bits per heavy atom. The second-order valence-corrected chi connectivity index (χ2v) is 7.36. The van der Waals surface area contributed by atoms with E-state index in [4.69, 9.17) is 4.74 Å². The van der Waals surface area contributed by atoms with Gasteiger partial charge in [-0.3, -0.25) is 0 Å². The molecule has 1 aliphatic rings. The smallest absolute Gasteiger partial charge is 0.123 e. The van der Waals surface area contributed by atoms with Gasteiger partial charge in [0.05, 0.1) is 7.11 Å². The molecule has 2 N–H and O–H groups in total. The first-order valence-electron chi connectivity index (χ1n) is 10.1. The van der Waals surface area contributed by atoms with Gasteiger partial charge in [0.25, 0.3) is 0 Å². The van der Waals surface area contributed by atoms with Crippen LogP contribution in [0.15, 0.2) is 78.9 Å². The lowest BCUT2D eigenvalue weighted by Crippen LogP contribution is -2.45. The molecule has 0 amide bonds. The lowest BCUT2D eigenvalue weighted by molar-refractivity contribution is 0.303. The molecular formula is C25H29ClN2O. The Morgan fingerprint density at radius 3 is 2.38 bits per heavy atom. The Bertz CT molecular complexity index is 886. The first-order chi connectivity index (χ1) is 13.8. The van der Waals surface area contributed by atoms with E-state index in [0.717, 1.165) is 18.8 Å². The Hall–Kier alpha value is -2.33. The molecule has 0 bridgehead atoms. The number of ether oxygens (including phenoxy) is 1. The van der Waals surface area contributed by atoms with Crippen molar-refractivity contribution in [3.8, 4) is 16.9 Å². The van der Waals surface area contributed by atoms with Crippen LogP contribution in [0.4, 0.5) is 0 Å². The third-order valence-corrected chi connectivity index (χ3v) is 5.56. The molecule has 152 valence electrons. The minimum Gasteiger partial charge on any atom is -0.496 e. The summed E-state index contributed by atoms with van der Waals surface area (Å²) < 4.78 is 5.63. The first-order valence-corrected chi connectivity index (χ1v) is 10.1. The molecule has 0 aromatic heterocycles. The van der Waals surface area contributed by atoms with Gasteiger partial charge in [-0.05, 0) is 48.2 Å². The minimum absolute atomic E-state index is 0. The molecule has 1 aliphatic heterocycles. The van der Waals surface area contributed by atoms with Gasteiger partial charge in [-0.2, -0.15) is 0 Å². The molecule has 2 atom stereocenters. The highest BCUT2D eigenvalue weighted by Crippen LogP contribution is 2.28. The van der Waals surface area contributed by atoms with Crippen LogP contribution in [0, 0.1) is 0 Å². The number of methoxy groups -OCH3 is 1. The number of nitrogens with one attached hydrogen (secondary N) is 2. The second kappa shape index (κ2) is 10.4. The van der Waals surface area contributed by atoms with Crippen molar-refractivity contribution in [1.82, 2.24) is 10.6 Å². The summed E-state index contributed by atoms with van der Waals surface area (Å²) in [6.07, 6.45) is 2.37. The molecule has 1 heterocycles. The van der Waals surface area contributed by atoms with Gasteiger partial charge >= 0.3 is 0 Å². The average molecular weight is 409 g/mol. The van der Waals surface area contributed by atoms with Gasteiger partial charge in [-0.1, -0.05) is 66.7 Å². The van der Waals surface area contributed by atoms with E-state index in [1.807, 2.05) is 0 Å². The van der Waals surface area contributed by atoms with Crippen LogP contribution in [0.5, 0.6) is 5.75 Å². The summed E-state index contributed by atoms with van der Waals surface area (Å²) >= 11 is 0. The zero-order chi connectivity index (χ0) is 19.2. The van der Waals surface area contributed by atoms with E-state index in [0.29, 0.717) is 12.1 Å². The molecule has 0 radical (unpaired) electrons. The zero-order valence-corrected chi connectivity index (χ0v) is 17.6. The maximum absolute atomic E-state index is 5.63. The molecule has 1 saturated heterocycles. The fourth-order valence-electron chi connectivity index (χ4n) is 4.09. The number of halogens is 1. The molecule has 0 saturated carbocycles. The number of hydrogen-bond acceptors (Lipinski definition) is 3. The monoisotopic (exact) mass is 408 g/mol. The maximum atomic E-state index is 5.63. The summed E-state index contributed by atoms with van der Waals surface area (Å²) in [5.41, 5.74) is 5.00. The van der Waals surface area contributed by atoms with Crippen LogP contribution in [-0.2, 0) is 6.54 Å². The van der Waals surface area contributed by atoms with Gasteiger partial charge in [0.2, 0.25) is 0 Å². The van der Waals surface area contributed by atoms with Gasteiger partial charge in [-0.15, -0.1) is 12.4 Å². The van der Waals surface area contributed by atoms with E-state index in [-0.39, 0.29) is 12.4 Å². The molecule has 3 aromatic carbocycles. The number of rotatable bonds is 6. The summed E-state index contributed by atoms with van der Waals surface area (Å²) in [7, 11) is 1.75. The van der Waals surface area contributed by atoms with Crippen LogP contribution in [0.1, 0.15) is 30.0 Å². The summed E-state index contributed by atoms with van der Waals surface area (Å²) in [6.45, 7) is 1.87. The lowest BCUT2D eigenvalue weighted by atomic mass is 9.92. The summed E-state index contributed by atoms with van der Waals surface area (Å²) in [5, 5.41) is 7.49. The molecule has 4 rings (SSSR count). The van der Waals surface area contributed by atoms with E-state index in [2.05, 4.69) is 89.5 Å². The van der Waals surface area contributed by atoms with Gasteiger partial charge in [0, 0.05) is 24.2 Å². The van der Waals surface area contributed by atoms with Gasteiger partial charge in [0.1, 0.15) is 5.75 Å². The Balaban J connectivity index is 0.00000240. The fraction of sp³-hybridized carbons (Fsp3) is 0.280. The standard InChI is InChI=1S/C25H28N2O.ClH/c1-28-24-15-14-21(19-9-4-2-5-10-19)17-22(24)18-27-23-13-8-16-26-25(23)20-11-6-3-7-12-20;/h2-7,9-12,14-15,17,23,25-27H,8,13,16,18H2,1H3;1H/t23-,25-;/m0./s1. The van der Waals surface area contributed by atoms with Crippen LogP contribution in [0.2, 0.25) is 0 Å². The van der Waals surface area contributed by atoms with E-state index in [9.17, 15) is 0 Å². The van der Waals surface area contributed by atoms with Crippen molar-refractivity contribution in [2.45, 2.75) is 31.5 Å². The molecule has 3 aromatic rings. The van der Waals surface area contributed by atoms with Crippen molar-refractivity contribution in [2.75, 3.05) is 13.7 Å². The highest BCUT2D eigenvalue weighted by Gasteiger charge is 2.25. The van der Waals surface area contributed by atoms with Crippen molar-refractivity contribution in [1.29, 1.82) is 0 Å². The van der Waals surface area contributed by atoms with Crippen molar-refractivity contribution in [3.05, 3.63) is 90.0 Å². The normalized spacial score (nSPS) is 18.7. The Kier molecular flexibility index (Phi) is 7.70. The molecule has 0 unspecified atom stereocenters. The molecule has 29 heavy (non-hydrogen) atoms. The molecule has 4 heteroatoms. The van der Waals surface area contributed by atoms with E-state index >= 15 is 0 Å². The van der Waals surface area contributed by atoms with E-state index < -0.39 is 0 Å². The topological polar surface area (TPSA) is 33.3 Å². The fourth-order valence-corrected chi connectivity index (χ4v) is 4.09. The van der Waals surface area contributed by atoms with Crippen LogP contribution in [0.25, 0.3) is 11.1 Å². The lowest BCUT2D eigenvalue weighted by Gasteiger charge is -2.34. The molecule has 0 spiro atoms. The third-order valence-electron chi connectivity index (χ3n) is 5.56. The summed E-state index contributed by atoms with van der Waals surface area (Å²) in [5.74, 6) is 0.937. The van der Waals surface area contributed by atoms with Crippen LogP contribution in [-0.4, -0.2) is 19.7 Å². The van der Waals surface area contributed by atoms with E-state index in [1.54, 1.807) is 7.11 Å². The highest BCUT2D eigenvalue weighted by molar-refractivity contribution is 5.85. The van der Waals surface area contributed by atoms with Gasteiger partial charge in [0.15, 0.2) is 0 Å². The van der Waals surface area contributed by atoms with Crippen molar-refractivity contribution in [3.63, 3.8) is 0 Å². The minimum atomic E-state index is 0.